The van der Waals surface area contributed by atoms with Crippen molar-refractivity contribution in [3.8, 4) is 0 Å². The van der Waals surface area contributed by atoms with Gasteiger partial charge in [0.15, 0.2) is 0 Å². The van der Waals surface area contributed by atoms with Crippen LogP contribution in [0.2, 0.25) is 0 Å². The topological polar surface area (TPSA) is 99.2 Å². The van der Waals surface area contributed by atoms with Crippen LogP contribution < -0.4 is 73.1 Å². The summed E-state index contributed by atoms with van der Waals surface area (Å²) in [5, 5.41) is 0. The van der Waals surface area contributed by atoms with Gasteiger partial charge in [-0.3, -0.25) is 0 Å². The van der Waals surface area contributed by atoms with Crippen molar-refractivity contribution >= 4 is 0 Å². The Balaban J connectivity index is -0.0000000150. The molecule has 0 aliphatic heterocycles. The first-order valence-corrected chi connectivity index (χ1v) is 1.39. The van der Waals surface area contributed by atoms with Gasteiger partial charge < -0.3 is 19.5 Å². The summed E-state index contributed by atoms with van der Waals surface area (Å²) in [7, 11) is -2.85. The van der Waals surface area contributed by atoms with Crippen molar-refractivity contribution in [2.24, 2.45) is 0 Å². The Hall–Kier alpha value is 2.13. The molecular formula is HClNa2O4. The van der Waals surface area contributed by atoms with Crippen LogP contribution in [0.25, 0.3) is 0 Å². The standard InChI is InChI=1S/ClO3.2Na.H2O/c2-1(3)4;;;/h;;;1H2/q-1;2*+1;/p-1. The molecule has 1 N–H and O–H groups in total. The monoisotopic (exact) mass is 146 g/mol. The van der Waals surface area contributed by atoms with Gasteiger partial charge >= 0.3 is 59.1 Å². The largest absolute Gasteiger partial charge is 1.00 e. The molecule has 0 aromatic carbocycles. The summed E-state index contributed by atoms with van der Waals surface area (Å²) in [6.45, 7) is 0. The van der Waals surface area contributed by atoms with E-state index in [9.17, 15) is 0 Å². The van der Waals surface area contributed by atoms with Gasteiger partial charge in [0.1, 0.15) is 0 Å². The van der Waals surface area contributed by atoms with Gasteiger partial charge in [-0.05, 0) is 0 Å². The molecule has 0 rings (SSSR count). The quantitative estimate of drug-likeness (QED) is 0.317. The molecule has 0 fully saturated rings. The Morgan fingerprint density at radius 2 is 0.857 bits per heavy atom. The SMILES string of the molecule is [Na+].[Na+].[O-][Cl+2]([O-])[O-].[OH-]. The molecule has 7 heavy (non-hydrogen) atoms. The van der Waals surface area contributed by atoms with Crippen LogP contribution in [0, 0.1) is 10.8 Å². The molecule has 7 heteroatoms. The minimum Gasteiger partial charge on any atom is -0.870 e. The van der Waals surface area contributed by atoms with Crippen LogP contribution in [0.4, 0.5) is 0 Å². The molecule has 0 heterocycles. The average Bonchev–Trinajstić information content (AvgIpc) is 0.811. The van der Waals surface area contributed by atoms with E-state index in [1.807, 2.05) is 0 Å². The summed E-state index contributed by atoms with van der Waals surface area (Å²) in [4.78, 5) is 0. The Morgan fingerprint density at radius 3 is 0.857 bits per heavy atom. The van der Waals surface area contributed by atoms with E-state index >= 15 is 0 Å². The number of halogens is 1. The third kappa shape index (κ3) is 67.3. The van der Waals surface area contributed by atoms with Gasteiger partial charge in [0.2, 0.25) is 0 Å². The van der Waals surface area contributed by atoms with Gasteiger partial charge in [0, 0.05) is 0 Å². The second-order valence-corrected chi connectivity index (χ2v) is 0.567. The van der Waals surface area contributed by atoms with Crippen LogP contribution in [0.1, 0.15) is 0 Å². The van der Waals surface area contributed by atoms with Crippen LogP contribution in [-0.2, 0) is 0 Å². The van der Waals surface area contributed by atoms with Crippen molar-refractivity contribution in [2.45, 2.75) is 0 Å². The zero-order chi connectivity index (χ0) is 3.58. The zero-order valence-electron chi connectivity index (χ0n) is 4.05. The van der Waals surface area contributed by atoms with Crippen molar-refractivity contribution in [2.75, 3.05) is 0 Å². The van der Waals surface area contributed by atoms with E-state index in [0.29, 0.717) is 0 Å². The zero-order valence-corrected chi connectivity index (χ0v) is 8.81. The molecule has 0 bridgehead atoms. The Morgan fingerprint density at radius 1 is 0.857 bits per heavy atom. The van der Waals surface area contributed by atoms with Gasteiger partial charge in [0.25, 0.3) is 0 Å². The van der Waals surface area contributed by atoms with Crippen LogP contribution >= 0.6 is 0 Å². The van der Waals surface area contributed by atoms with Crippen molar-refractivity contribution in [3.63, 3.8) is 0 Å². The molecule has 0 aromatic rings. The van der Waals surface area contributed by atoms with E-state index in [0.717, 1.165) is 0 Å². The molecule has 0 spiro atoms. The Kier molecular flexibility index (Phi) is 51.4. The van der Waals surface area contributed by atoms with E-state index in [-0.39, 0.29) is 64.6 Å². The molecule has 0 amide bonds. The van der Waals surface area contributed by atoms with Gasteiger partial charge in [0.05, 0.1) is 10.8 Å². The summed E-state index contributed by atoms with van der Waals surface area (Å²) in [5.74, 6) is 0. The van der Waals surface area contributed by atoms with Crippen molar-refractivity contribution in [1.82, 2.24) is 0 Å². The first-order chi connectivity index (χ1) is 1.73. The van der Waals surface area contributed by atoms with Crippen LogP contribution in [0.5, 0.6) is 0 Å². The number of hydrogen-bond donors (Lipinski definition) is 0. The molecule has 0 unspecified atom stereocenters. The molecule has 0 radical (unpaired) electrons. The van der Waals surface area contributed by atoms with Gasteiger partial charge in [-0.15, -0.1) is 0 Å². The summed E-state index contributed by atoms with van der Waals surface area (Å²) >= 11 is 0. The Labute approximate surface area is 88.2 Å². The minimum atomic E-state index is -2.85. The van der Waals surface area contributed by atoms with Crippen molar-refractivity contribution in [1.29, 1.82) is 0 Å². The first kappa shape index (κ1) is 22.9. The smallest absolute Gasteiger partial charge is 0.870 e. The molecule has 4 nitrogen and oxygen atoms in total. The van der Waals surface area contributed by atoms with E-state index in [4.69, 9.17) is 14.0 Å². The third-order valence-electron chi connectivity index (χ3n) is 0. The van der Waals surface area contributed by atoms with E-state index in [2.05, 4.69) is 0 Å². The summed E-state index contributed by atoms with van der Waals surface area (Å²) in [6.07, 6.45) is 0. The summed E-state index contributed by atoms with van der Waals surface area (Å²) in [5.41, 5.74) is 0. The predicted octanol–water partition coefficient (Wildman–Crippen LogP) is -9.74. The van der Waals surface area contributed by atoms with E-state index < -0.39 is 10.8 Å². The first-order valence-electron chi connectivity index (χ1n) is 0.463. The maximum atomic E-state index is 8.41. The molecule has 0 saturated heterocycles. The van der Waals surface area contributed by atoms with Crippen molar-refractivity contribution < 1.29 is 89.4 Å². The maximum absolute atomic E-state index is 8.41. The fourth-order valence-corrected chi connectivity index (χ4v) is 0. The molecule has 34 valence electrons. The van der Waals surface area contributed by atoms with E-state index in [1.165, 1.54) is 0 Å². The van der Waals surface area contributed by atoms with Gasteiger partial charge in [-0.25, -0.2) is 0 Å². The number of hydrogen-bond acceptors (Lipinski definition) is 4. The summed E-state index contributed by atoms with van der Waals surface area (Å²) in [6, 6.07) is 0. The summed E-state index contributed by atoms with van der Waals surface area (Å²) < 4.78 is 25.2. The van der Waals surface area contributed by atoms with Crippen LogP contribution in [-0.4, -0.2) is 5.48 Å². The Bertz CT molecular complexity index is 14.4. The third-order valence-corrected chi connectivity index (χ3v) is 0. The van der Waals surface area contributed by atoms with Crippen molar-refractivity contribution in [3.05, 3.63) is 0 Å². The second-order valence-electron chi connectivity index (χ2n) is 0.189. The molecule has 0 aliphatic carbocycles. The van der Waals surface area contributed by atoms with Gasteiger partial charge in [-0.2, -0.15) is 0 Å². The predicted molar refractivity (Wildman–Crippen MR) is 1.94 cm³/mol. The number of rotatable bonds is 0. The molecular weight excluding hydrogens is 145 g/mol. The molecule has 0 saturated carbocycles. The second kappa shape index (κ2) is 15.7. The van der Waals surface area contributed by atoms with Crippen LogP contribution in [0.15, 0.2) is 0 Å². The fourth-order valence-electron chi connectivity index (χ4n) is 0. The molecule has 0 aliphatic rings. The molecule has 0 aromatic heterocycles. The minimum absolute atomic E-state index is 0. The van der Waals surface area contributed by atoms with Gasteiger partial charge in [-0.1, -0.05) is 0 Å². The maximum Gasteiger partial charge on any atom is 1.00 e. The average molecular weight is 146 g/mol. The molecule has 0 atom stereocenters. The van der Waals surface area contributed by atoms with Crippen LogP contribution in [0.3, 0.4) is 0 Å². The fraction of sp³-hybridized carbons (Fsp3) is 0. The van der Waals surface area contributed by atoms with E-state index in [1.54, 1.807) is 0 Å². The normalized spacial score (nSPS) is 5.14.